The van der Waals surface area contributed by atoms with Crippen LogP contribution in [-0.4, -0.2) is 12.5 Å². The van der Waals surface area contributed by atoms with Crippen LogP contribution in [0.15, 0.2) is 30.3 Å². The van der Waals surface area contributed by atoms with Gasteiger partial charge in [-0.15, -0.1) is 0 Å². The highest BCUT2D eigenvalue weighted by atomic mass is 16.1. The quantitative estimate of drug-likeness (QED) is 0.747. The summed E-state index contributed by atoms with van der Waals surface area (Å²) in [5.41, 5.74) is 5.99. The predicted octanol–water partition coefficient (Wildman–Crippen LogP) is 0.997. The van der Waals surface area contributed by atoms with E-state index in [4.69, 9.17) is 5.73 Å². The number of hydrogen-bond donors (Lipinski definition) is 2. The number of amides is 1. The van der Waals surface area contributed by atoms with Gasteiger partial charge in [-0.2, -0.15) is 0 Å². The fourth-order valence-electron chi connectivity index (χ4n) is 1.26. The molecule has 0 saturated carbocycles. The summed E-state index contributed by atoms with van der Waals surface area (Å²) in [7, 11) is 0. The van der Waals surface area contributed by atoms with E-state index in [0.717, 1.165) is 5.56 Å². The maximum Gasteiger partial charge on any atom is 0.231 e. The van der Waals surface area contributed by atoms with Gasteiger partial charge in [-0.25, -0.2) is 0 Å². The van der Waals surface area contributed by atoms with Gasteiger partial charge in [-0.3, -0.25) is 10.1 Å². The topological polar surface area (TPSA) is 55.1 Å². The Morgan fingerprint density at radius 1 is 1.36 bits per heavy atom. The third-order valence-electron chi connectivity index (χ3n) is 2.20. The first-order valence-corrected chi connectivity index (χ1v) is 4.61. The van der Waals surface area contributed by atoms with Crippen LogP contribution in [-0.2, 0) is 10.3 Å². The number of carbonyl (C=O) groups is 1. The zero-order valence-corrected chi connectivity index (χ0v) is 8.58. The molecule has 1 aromatic rings. The van der Waals surface area contributed by atoms with Crippen molar-refractivity contribution in [2.75, 3.05) is 6.54 Å². The number of hydrogen-bond acceptors (Lipinski definition) is 2. The van der Waals surface area contributed by atoms with Crippen LogP contribution in [0.2, 0.25) is 0 Å². The monoisotopic (exact) mass is 192 g/mol. The maximum absolute atomic E-state index is 10.6. The predicted molar refractivity (Wildman–Crippen MR) is 56.7 cm³/mol. The molecule has 0 aliphatic heterocycles. The van der Waals surface area contributed by atoms with Crippen LogP contribution < -0.4 is 11.1 Å². The van der Waals surface area contributed by atoms with Crippen molar-refractivity contribution < 1.29 is 4.79 Å². The van der Waals surface area contributed by atoms with Crippen LogP contribution in [0.3, 0.4) is 0 Å². The van der Waals surface area contributed by atoms with Crippen molar-refractivity contribution in [3.63, 3.8) is 0 Å². The minimum atomic E-state index is -0.339. The molecular formula is C11H16N2O. The largest absolute Gasteiger partial charge is 0.369 e. The second-order valence-corrected chi connectivity index (χ2v) is 3.81. The SMILES string of the molecule is CC(C)(NCC(N)=O)c1ccccc1. The summed E-state index contributed by atoms with van der Waals surface area (Å²) >= 11 is 0. The normalized spacial score (nSPS) is 11.3. The Morgan fingerprint density at radius 3 is 2.43 bits per heavy atom. The molecule has 0 aliphatic carbocycles. The van der Waals surface area contributed by atoms with Gasteiger partial charge in [-0.1, -0.05) is 30.3 Å². The van der Waals surface area contributed by atoms with Crippen molar-refractivity contribution in [3.8, 4) is 0 Å². The minimum Gasteiger partial charge on any atom is -0.369 e. The van der Waals surface area contributed by atoms with Crippen molar-refractivity contribution >= 4 is 5.91 Å². The molecule has 1 amide bonds. The lowest BCUT2D eigenvalue weighted by Crippen LogP contribution is -2.41. The van der Waals surface area contributed by atoms with Gasteiger partial charge in [0.15, 0.2) is 0 Å². The maximum atomic E-state index is 10.6. The molecule has 0 aliphatic rings. The fraction of sp³-hybridized carbons (Fsp3) is 0.364. The van der Waals surface area contributed by atoms with E-state index < -0.39 is 0 Å². The number of nitrogens with two attached hydrogens (primary N) is 1. The Labute approximate surface area is 84.3 Å². The standard InChI is InChI=1S/C11H16N2O/c1-11(2,13-8-10(12)14)9-6-4-3-5-7-9/h3-7,13H,8H2,1-2H3,(H2,12,14). The molecule has 3 heteroatoms. The first kappa shape index (κ1) is 10.7. The van der Waals surface area contributed by atoms with Gasteiger partial charge in [0.25, 0.3) is 0 Å². The second-order valence-electron chi connectivity index (χ2n) is 3.81. The Hall–Kier alpha value is -1.35. The number of rotatable bonds is 4. The van der Waals surface area contributed by atoms with Crippen LogP contribution in [0, 0.1) is 0 Å². The van der Waals surface area contributed by atoms with E-state index in [1.807, 2.05) is 44.2 Å². The molecule has 0 aromatic heterocycles. The molecule has 0 fully saturated rings. The van der Waals surface area contributed by atoms with Gasteiger partial charge in [0, 0.05) is 5.54 Å². The number of primary amides is 1. The molecule has 76 valence electrons. The van der Waals surface area contributed by atoms with Gasteiger partial charge in [0.1, 0.15) is 0 Å². The fourth-order valence-corrected chi connectivity index (χ4v) is 1.26. The van der Waals surface area contributed by atoms with E-state index in [0.29, 0.717) is 0 Å². The molecule has 3 N–H and O–H groups in total. The second kappa shape index (κ2) is 4.24. The molecule has 1 rings (SSSR count). The van der Waals surface area contributed by atoms with Crippen LogP contribution in [0.1, 0.15) is 19.4 Å². The van der Waals surface area contributed by atoms with Crippen molar-refractivity contribution in [1.29, 1.82) is 0 Å². The van der Waals surface area contributed by atoms with E-state index >= 15 is 0 Å². The van der Waals surface area contributed by atoms with Crippen molar-refractivity contribution in [2.45, 2.75) is 19.4 Å². The summed E-state index contributed by atoms with van der Waals surface area (Å²) in [6.45, 7) is 4.23. The molecule has 0 saturated heterocycles. The van der Waals surface area contributed by atoms with Crippen LogP contribution >= 0.6 is 0 Å². The molecule has 0 unspecified atom stereocenters. The summed E-state index contributed by atoms with van der Waals surface area (Å²) in [4.78, 5) is 10.6. The molecule has 0 heterocycles. The molecular weight excluding hydrogens is 176 g/mol. The zero-order chi connectivity index (χ0) is 10.6. The Bertz CT molecular complexity index is 306. The van der Waals surface area contributed by atoms with Gasteiger partial charge < -0.3 is 5.73 Å². The van der Waals surface area contributed by atoms with E-state index in [2.05, 4.69) is 5.32 Å². The lowest BCUT2D eigenvalue weighted by atomic mass is 9.94. The van der Waals surface area contributed by atoms with Crippen molar-refractivity contribution in [2.24, 2.45) is 5.73 Å². The van der Waals surface area contributed by atoms with Crippen LogP contribution in [0.25, 0.3) is 0 Å². The summed E-state index contributed by atoms with van der Waals surface area (Å²) in [5.74, 6) is -0.339. The summed E-state index contributed by atoms with van der Waals surface area (Å²) < 4.78 is 0. The highest BCUT2D eigenvalue weighted by molar-refractivity contribution is 5.76. The van der Waals surface area contributed by atoms with E-state index in [1.54, 1.807) is 0 Å². The van der Waals surface area contributed by atoms with Gasteiger partial charge in [-0.05, 0) is 19.4 Å². The smallest absolute Gasteiger partial charge is 0.231 e. The summed E-state index contributed by atoms with van der Waals surface area (Å²) in [6.07, 6.45) is 0. The Kier molecular flexibility index (Phi) is 3.25. The molecule has 1 aromatic carbocycles. The van der Waals surface area contributed by atoms with E-state index in [1.165, 1.54) is 0 Å². The first-order valence-electron chi connectivity index (χ1n) is 4.61. The third-order valence-corrected chi connectivity index (χ3v) is 2.20. The van der Waals surface area contributed by atoms with Gasteiger partial charge in [0.2, 0.25) is 5.91 Å². The van der Waals surface area contributed by atoms with E-state index in [9.17, 15) is 4.79 Å². The number of nitrogens with one attached hydrogen (secondary N) is 1. The lowest BCUT2D eigenvalue weighted by Gasteiger charge is -2.26. The van der Waals surface area contributed by atoms with Gasteiger partial charge >= 0.3 is 0 Å². The molecule has 0 radical (unpaired) electrons. The Morgan fingerprint density at radius 2 is 1.93 bits per heavy atom. The molecule has 0 spiro atoms. The van der Waals surface area contributed by atoms with Crippen molar-refractivity contribution in [3.05, 3.63) is 35.9 Å². The highest BCUT2D eigenvalue weighted by Crippen LogP contribution is 2.18. The average Bonchev–Trinajstić information content (AvgIpc) is 2.16. The van der Waals surface area contributed by atoms with Crippen molar-refractivity contribution in [1.82, 2.24) is 5.32 Å². The van der Waals surface area contributed by atoms with Gasteiger partial charge in [0.05, 0.1) is 6.54 Å². The van der Waals surface area contributed by atoms with Crippen LogP contribution in [0.5, 0.6) is 0 Å². The lowest BCUT2D eigenvalue weighted by molar-refractivity contribution is -0.117. The molecule has 3 nitrogen and oxygen atoms in total. The van der Waals surface area contributed by atoms with E-state index in [-0.39, 0.29) is 18.0 Å². The molecule has 14 heavy (non-hydrogen) atoms. The molecule has 0 bridgehead atoms. The number of benzene rings is 1. The van der Waals surface area contributed by atoms with Crippen LogP contribution in [0.4, 0.5) is 0 Å². The minimum absolute atomic E-state index is 0.196. The summed E-state index contributed by atoms with van der Waals surface area (Å²) in [6, 6.07) is 9.96. The number of carbonyl (C=O) groups excluding carboxylic acids is 1. The first-order chi connectivity index (χ1) is 6.52. The summed E-state index contributed by atoms with van der Waals surface area (Å²) in [5, 5.41) is 3.10. The third kappa shape index (κ3) is 2.85. The Balaban J connectivity index is 2.70. The molecule has 0 atom stereocenters. The average molecular weight is 192 g/mol. The zero-order valence-electron chi connectivity index (χ0n) is 8.58. The highest BCUT2D eigenvalue weighted by Gasteiger charge is 2.19.